The lowest BCUT2D eigenvalue weighted by Gasteiger charge is -2.24. The predicted octanol–water partition coefficient (Wildman–Crippen LogP) is 2.87. The Balaban J connectivity index is 2.05. The number of anilines is 1. The lowest BCUT2D eigenvalue weighted by Crippen LogP contribution is -2.34. The summed E-state index contributed by atoms with van der Waals surface area (Å²) < 4.78 is 0. The van der Waals surface area contributed by atoms with Crippen molar-refractivity contribution in [2.45, 2.75) is 17.7 Å². The van der Waals surface area contributed by atoms with E-state index in [2.05, 4.69) is 5.32 Å². The van der Waals surface area contributed by atoms with Crippen LogP contribution in [0.1, 0.15) is 12.8 Å². The van der Waals surface area contributed by atoms with Gasteiger partial charge in [0.05, 0.1) is 11.8 Å². The quantitative estimate of drug-likeness (QED) is 0.507. The molecule has 1 aliphatic carbocycles. The first-order chi connectivity index (χ1) is 10.1. The fourth-order valence-corrected chi connectivity index (χ4v) is 2.65. The van der Waals surface area contributed by atoms with E-state index in [1.165, 1.54) is 0 Å². The highest BCUT2D eigenvalue weighted by molar-refractivity contribution is 8.03. The minimum Gasteiger partial charge on any atom is -0.481 e. The Kier molecular flexibility index (Phi) is 5.01. The molecule has 1 amide bonds. The lowest BCUT2D eigenvalue weighted by atomic mass is 9.82. The van der Waals surface area contributed by atoms with E-state index in [1.807, 2.05) is 11.5 Å². The molecule has 1 aromatic carbocycles. The maximum absolute atomic E-state index is 12.2. The van der Waals surface area contributed by atoms with Gasteiger partial charge in [-0.3, -0.25) is 9.59 Å². The van der Waals surface area contributed by atoms with E-state index in [1.54, 1.807) is 30.3 Å². The van der Waals surface area contributed by atoms with Crippen LogP contribution < -0.4 is 5.32 Å². The van der Waals surface area contributed by atoms with Gasteiger partial charge in [0.25, 0.3) is 0 Å². The number of allylic oxidation sites excluding steroid dienone is 2. The summed E-state index contributed by atoms with van der Waals surface area (Å²) in [5, 5.41) is 22.4. The number of nitrogens with one attached hydrogen (secondary N) is 1. The van der Waals surface area contributed by atoms with Crippen molar-refractivity contribution >= 4 is 29.3 Å². The zero-order chi connectivity index (χ0) is 15.2. The predicted molar refractivity (Wildman–Crippen MR) is 79.5 cm³/mol. The summed E-state index contributed by atoms with van der Waals surface area (Å²) in [7, 11) is 0. The number of aliphatic carboxylic acids is 1. The van der Waals surface area contributed by atoms with Crippen molar-refractivity contribution in [3.8, 4) is 5.40 Å². The Morgan fingerprint density at radius 3 is 2.38 bits per heavy atom. The largest absolute Gasteiger partial charge is 0.481 e. The molecule has 0 heterocycles. The van der Waals surface area contributed by atoms with Crippen molar-refractivity contribution < 1.29 is 14.7 Å². The van der Waals surface area contributed by atoms with Gasteiger partial charge in [0, 0.05) is 10.6 Å². The maximum atomic E-state index is 12.2. The van der Waals surface area contributed by atoms with Gasteiger partial charge in [-0.25, -0.2) is 0 Å². The standard InChI is InChI=1S/C15H14N2O3S/c16-9-21-11-7-5-10(6-8-11)17-14(18)12-3-1-2-4-13(12)15(19)20/h1-2,5-8,12-13H,3-4H2,(H,17,18)(H,19,20). The summed E-state index contributed by atoms with van der Waals surface area (Å²) in [6.07, 6.45) is 4.46. The fraction of sp³-hybridized carbons (Fsp3) is 0.267. The van der Waals surface area contributed by atoms with Crippen LogP contribution >= 0.6 is 11.8 Å². The van der Waals surface area contributed by atoms with Crippen molar-refractivity contribution in [2.75, 3.05) is 5.32 Å². The molecule has 0 radical (unpaired) electrons. The van der Waals surface area contributed by atoms with E-state index < -0.39 is 17.8 Å². The van der Waals surface area contributed by atoms with E-state index >= 15 is 0 Å². The summed E-state index contributed by atoms with van der Waals surface area (Å²) in [6, 6.07) is 6.87. The van der Waals surface area contributed by atoms with Gasteiger partial charge in [0.2, 0.25) is 5.91 Å². The average Bonchev–Trinajstić information content (AvgIpc) is 2.49. The van der Waals surface area contributed by atoms with Gasteiger partial charge >= 0.3 is 5.97 Å². The molecule has 2 unspecified atom stereocenters. The number of nitriles is 1. The monoisotopic (exact) mass is 302 g/mol. The van der Waals surface area contributed by atoms with Gasteiger partial charge in [-0.05, 0) is 48.9 Å². The number of thiocyanates is 1. The average molecular weight is 302 g/mol. The number of amides is 1. The van der Waals surface area contributed by atoms with Gasteiger partial charge in [-0.15, -0.1) is 0 Å². The van der Waals surface area contributed by atoms with Crippen LogP contribution in [0.3, 0.4) is 0 Å². The minimum atomic E-state index is -0.944. The molecule has 0 spiro atoms. The van der Waals surface area contributed by atoms with E-state index in [-0.39, 0.29) is 5.91 Å². The molecule has 0 saturated heterocycles. The number of carboxylic acids is 1. The molecular formula is C15H14N2O3S. The molecule has 2 rings (SSSR count). The van der Waals surface area contributed by atoms with Gasteiger partial charge in [0.15, 0.2) is 0 Å². The molecule has 6 heteroatoms. The molecule has 2 N–H and O–H groups in total. The zero-order valence-electron chi connectivity index (χ0n) is 11.2. The maximum Gasteiger partial charge on any atom is 0.307 e. The number of thioether (sulfide) groups is 1. The molecular weight excluding hydrogens is 288 g/mol. The number of hydrogen-bond acceptors (Lipinski definition) is 4. The van der Waals surface area contributed by atoms with Crippen molar-refractivity contribution in [3.05, 3.63) is 36.4 Å². The Hall–Kier alpha value is -2.26. The van der Waals surface area contributed by atoms with Gasteiger partial charge < -0.3 is 10.4 Å². The van der Waals surface area contributed by atoms with Crippen LogP contribution in [-0.2, 0) is 9.59 Å². The highest BCUT2D eigenvalue weighted by Crippen LogP contribution is 2.27. The highest BCUT2D eigenvalue weighted by atomic mass is 32.2. The zero-order valence-corrected chi connectivity index (χ0v) is 12.0. The Morgan fingerprint density at radius 2 is 1.81 bits per heavy atom. The van der Waals surface area contributed by atoms with Crippen molar-refractivity contribution in [2.24, 2.45) is 11.8 Å². The molecule has 0 fully saturated rings. The normalized spacial score (nSPS) is 20.5. The van der Waals surface area contributed by atoms with Gasteiger partial charge in [-0.2, -0.15) is 5.26 Å². The molecule has 5 nitrogen and oxygen atoms in total. The molecule has 0 aliphatic heterocycles. The van der Waals surface area contributed by atoms with Crippen molar-refractivity contribution in [1.29, 1.82) is 5.26 Å². The molecule has 0 bridgehead atoms. The third kappa shape index (κ3) is 3.86. The van der Waals surface area contributed by atoms with E-state index in [9.17, 15) is 14.7 Å². The van der Waals surface area contributed by atoms with Gasteiger partial charge in [-0.1, -0.05) is 12.2 Å². The van der Waals surface area contributed by atoms with Crippen LogP contribution in [0.15, 0.2) is 41.3 Å². The summed E-state index contributed by atoms with van der Waals surface area (Å²) in [4.78, 5) is 24.2. The Morgan fingerprint density at radius 1 is 1.19 bits per heavy atom. The number of carbonyl (C=O) groups is 2. The number of benzene rings is 1. The number of nitrogens with zero attached hydrogens (tertiary/aromatic N) is 1. The summed E-state index contributed by atoms with van der Waals surface area (Å²) in [6.45, 7) is 0. The van der Waals surface area contributed by atoms with Crippen LogP contribution in [0.2, 0.25) is 0 Å². The fourth-order valence-electron chi connectivity index (χ4n) is 2.27. The number of carboxylic acid groups (broad SMARTS) is 1. The van der Waals surface area contributed by atoms with Crippen LogP contribution in [0.5, 0.6) is 0 Å². The first-order valence-corrected chi connectivity index (χ1v) is 7.28. The molecule has 0 aromatic heterocycles. The van der Waals surface area contributed by atoms with Crippen LogP contribution in [0.25, 0.3) is 0 Å². The molecule has 1 aliphatic rings. The first kappa shape index (κ1) is 15.1. The molecule has 0 saturated carbocycles. The van der Waals surface area contributed by atoms with E-state index in [0.717, 1.165) is 16.7 Å². The van der Waals surface area contributed by atoms with Crippen LogP contribution in [0, 0.1) is 22.5 Å². The highest BCUT2D eigenvalue weighted by Gasteiger charge is 2.33. The van der Waals surface area contributed by atoms with Crippen LogP contribution in [-0.4, -0.2) is 17.0 Å². The second-order valence-corrected chi connectivity index (χ2v) is 5.56. The topological polar surface area (TPSA) is 90.2 Å². The molecule has 1 aromatic rings. The second kappa shape index (κ2) is 6.95. The summed E-state index contributed by atoms with van der Waals surface area (Å²) in [5.41, 5.74) is 0.598. The molecule has 21 heavy (non-hydrogen) atoms. The van der Waals surface area contributed by atoms with E-state index in [4.69, 9.17) is 5.26 Å². The Labute approximate surface area is 126 Å². The van der Waals surface area contributed by atoms with E-state index in [0.29, 0.717) is 18.5 Å². The first-order valence-electron chi connectivity index (χ1n) is 6.46. The Bertz CT molecular complexity index is 604. The summed E-state index contributed by atoms with van der Waals surface area (Å²) in [5.74, 6) is -2.46. The smallest absolute Gasteiger partial charge is 0.307 e. The van der Waals surface area contributed by atoms with Crippen molar-refractivity contribution in [1.82, 2.24) is 0 Å². The summed E-state index contributed by atoms with van der Waals surface area (Å²) >= 11 is 1.04. The molecule has 2 atom stereocenters. The van der Waals surface area contributed by atoms with Crippen LogP contribution in [0.4, 0.5) is 5.69 Å². The minimum absolute atomic E-state index is 0.285. The molecule has 108 valence electrons. The second-order valence-electron chi connectivity index (χ2n) is 4.70. The lowest BCUT2D eigenvalue weighted by molar-refractivity contribution is -0.146. The number of rotatable bonds is 4. The number of carbonyl (C=O) groups excluding carboxylic acids is 1. The third-order valence-corrected chi connectivity index (χ3v) is 3.97. The third-order valence-electron chi connectivity index (χ3n) is 3.37. The van der Waals surface area contributed by atoms with Crippen molar-refractivity contribution in [3.63, 3.8) is 0 Å². The number of hydrogen-bond donors (Lipinski definition) is 2. The van der Waals surface area contributed by atoms with Gasteiger partial charge in [0.1, 0.15) is 5.40 Å². The SMILES string of the molecule is N#CSc1ccc(NC(=O)C2CC=CCC2C(=O)O)cc1.